The Kier molecular flexibility index (Phi) is 2.47. The van der Waals surface area contributed by atoms with Gasteiger partial charge in [-0.05, 0) is 12.5 Å². The smallest absolute Gasteiger partial charge is 0.246 e. The Morgan fingerprint density at radius 1 is 1.75 bits per heavy atom. The molecular formula is C8H12N2O2. The Balaban J connectivity index is 2.73. The Labute approximate surface area is 71.2 Å². The number of carbonyl (C=O) groups is 2. The number of hydrogen-bond acceptors (Lipinski definition) is 2. The van der Waals surface area contributed by atoms with Crippen LogP contribution in [0.25, 0.3) is 0 Å². The Bertz CT molecular complexity index is 235. The van der Waals surface area contributed by atoms with E-state index in [0.717, 1.165) is 0 Å². The van der Waals surface area contributed by atoms with Gasteiger partial charge in [0, 0.05) is 14.1 Å². The average molecular weight is 168 g/mol. The van der Waals surface area contributed by atoms with Crippen LogP contribution in [0.5, 0.6) is 0 Å². The van der Waals surface area contributed by atoms with Crippen LogP contribution >= 0.6 is 0 Å². The molecular weight excluding hydrogens is 156 g/mol. The van der Waals surface area contributed by atoms with E-state index in [0.29, 0.717) is 6.42 Å². The SMILES string of the molecule is CNC(=O)[C@H]1CC=CC(=O)N1C. The molecule has 12 heavy (non-hydrogen) atoms. The molecule has 1 heterocycles. The molecule has 1 N–H and O–H groups in total. The summed E-state index contributed by atoms with van der Waals surface area (Å²) < 4.78 is 0. The second-order valence-electron chi connectivity index (χ2n) is 2.72. The number of carbonyl (C=O) groups excluding carboxylic acids is 2. The van der Waals surface area contributed by atoms with Gasteiger partial charge in [-0.15, -0.1) is 0 Å². The number of nitrogens with zero attached hydrogens (tertiary/aromatic N) is 1. The van der Waals surface area contributed by atoms with E-state index in [1.807, 2.05) is 0 Å². The van der Waals surface area contributed by atoms with Crippen molar-refractivity contribution in [3.05, 3.63) is 12.2 Å². The molecule has 4 heteroatoms. The number of amides is 2. The largest absolute Gasteiger partial charge is 0.357 e. The van der Waals surface area contributed by atoms with Crippen molar-refractivity contribution in [2.45, 2.75) is 12.5 Å². The van der Waals surface area contributed by atoms with Crippen molar-refractivity contribution in [1.29, 1.82) is 0 Å². The summed E-state index contributed by atoms with van der Waals surface area (Å²) in [5.74, 6) is -0.231. The van der Waals surface area contributed by atoms with Gasteiger partial charge >= 0.3 is 0 Å². The molecule has 0 aliphatic carbocycles. The lowest BCUT2D eigenvalue weighted by atomic mass is 10.1. The van der Waals surface area contributed by atoms with Gasteiger partial charge in [0.15, 0.2) is 0 Å². The standard InChI is InChI=1S/C8H12N2O2/c1-9-8(12)6-4-3-5-7(11)10(6)2/h3,5-6H,4H2,1-2H3,(H,9,12)/t6-/m1/s1. The molecule has 0 saturated carbocycles. The summed E-state index contributed by atoms with van der Waals surface area (Å²) in [7, 11) is 3.20. The van der Waals surface area contributed by atoms with Gasteiger partial charge in [0.05, 0.1) is 0 Å². The first-order valence-electron chi connectivity index (χ1n) is 3.81. The lowest BCUT2D eigenvalue weighted by Gasteiger charge is -2.27. The summed E-state index contributed by atoms with van der Waals surface area (Å²) in [6.45, 7) is 0. The van der Waals surface area contributed by atoms with Gasteiger partial charge in [0.2, 0.25) is 11.8 Å². The van der Waals surface area contributed by atoms with E-state index in [4.69, 9.17) is 0 Å². The fraction of sp³-hybridized carbons (Fsp3) is 0.500. The average Bonchev–Trinajstić information content (AvgIpc) is 2.08. The molecule has 0 spiro atoms. The van der Waals surface area contributed by atoms with Gasteiger partial charge in [-0.25, -0.2) is 0 Å². The number of likely N-dealkylation sites (N-methyl/N-ethyl adjacent to an activating group) is 2. The molecule has 0 aromatic carbocycles. The third-order valence-corrected chi connectivity index (χ3v) is 1.98. The molecule has 1 aliphatic rings. The highest BCUT2D eigenvalue weighted by Crippen LogP contribution is 2.09. The molecule has 0 unspecified atom stereocenters. The van der Waals surface area contributed by atoms with Gasteiger partial charge in [0.25, 0.3) is 0 Å². The van der Waals surface area contributed by atoms with Crippen molar-refractivity contribution >= 4 is 11.8 Å². The highest BCUT2D eigenvalue weighted by atomic mass is 16.2. The molecule has 2 amide bonds. The second kappa shape index (κ2) is 3.38. The van der Waals surface area contributed by atoms with Crippen LogP contribution in [-0.2, 0) is 9.59 Å². The van der Waals surface area contributed by atoms with Gasteiger partial charge in [0.1, 0.15) is 6.04 Å². The van der Waals surface area contributed by atoms with E-state index in [1.165, 1.54) is 11.0 Å². The number of hydrogen-bond donors (Lipinski definition) is 1. The van der Waals surface area contributed by atoms with Crippen molar-refractivity contribution in [3.8, 4) is 0 Å². The van der Waals surface area contributed by atoms with Crippen molar-refractivity contribution < 1.29 is 9.59 Å². The lowest BCUT2D eigenvalue weighted by Crippen LogP contribution is -2.47. The van der Waals surface area contributed by atoms with E-state index in [2.05, 4.69) is 5.32 Å². The Morgan fingerprint density at radius 3 is 3.00 bits per heavy atom. The van der Waals surface area contributed by atoms with E-state index < -0.39 is 0 Å². The van der Waals surface area contributed by atoms with E-state index in [9.17, 15) is 9.59 Å². The first-order chi connectivity index (χ1) is 5.66. The molecule has 0 saturated heterocycles. The fourth-order valence-corrected chi connectivity index (χ4v) is 1.18. The maximum atomic E-state index is 11.2. The number of rotatable bonds is 1. The zero-order valence-corrected chi connectivity index (χ0v) is 7.20. The van der Waals surface area contributed by atoms with Crippen molar-refractivity contribution in [1.82, 2.24) is 10.2 Å². The van der Waals surface area contributed by atoms with Gasteiger partial charge in [-0.1, -0.05) is 6.08 Å². The molecule has 1 atom stereocenters. The normalized spacial score (nSPS) is 22.7. The summed E-state index contributed by atoms with van der Waals surface area (Å²) in [6.07, 6.45) is 3.81. The van der Waals surface area contributed by atoms with Crippen LogP contribution in [0.2, 0.25) is 0 Å². The molecule has 0 bridgehead atoms. The fourth-order valence-electron chi connectivity index (χ4n) is 1.18. The lowest BCUT2D eigenvalue weighted by molar-refractivity contribution is -0.136. The Morgan fingerprint density at radius 2 is 2.42 bits per heavy atom. The van der Waals surface area contributed by atoms with E-state index in [1.54, 1.807) is 20.2 Å². The zero-order valence-electron chi connectivity index (χ0n) is 7.20. The maximum absolute atomic E-state index is 11.2. The van der Waals surface area contributed by atoms with E-state index in [-0.39, 0.29) is 17.9 Å². The third kappa shape index (κ3) is 1.47. The van der Waals surface area contributed by atoms with Gasteiger partial charge < -0.3 is 10.2 Å². The van der Waals surface area contributed by atoms with Crippen LogP contribution in [0, 0.1) is 0 Å². The molecule has 0 aromatic heterocycles. The molecule has 0 radical (unpaired) electrons. The molecule has 66 valence electrons. The summed E-state index contributed by atoms with van der Waals surface area (Å²) >= 11 is 0. The predicted octanol–water partition coefficient (Wildman–Crippen LogP) is -0.481. The molecule has 4 nitrogen and oxygen atoms in total. The highest BCUT2D eigenvalue weighted by molar-refractivity contribution is 5.94. The topological polar surface area (TPSA) is 49.4 Å². The van der Waals surface area contributed by atoms with Crippen LogP contribution in [0.15, 0.2) is 12.2 Å². The summed E-state index contributed by atoms with van der Waals surface area (Å²) in [5, 5.41) is 2.52. The second-order valence-corrected chi connectivity index (χ2v) is 2.72. The van der Waals surface area contributed by atoms with Crippen LogP contribution < -0.4 is 5.32 Å². The first-order valence-corrected chi connectivity index (χ1v) is 3.81. The minimum absolute atomic E-state index is 0.116. The zero-order chi connectivity index (χ0) is 9.14. The number of nitrogens with one attached hydrogen (secondary N) is 1. The van der Waals surface area contributed by atoms with Crippen LogP contribution in [0.3, 0.4) is 0 Å². The minimum Gasteiger partial charge on any atom is -0.357 e. The predicted molar refractivity (Wildman–Crippen MR) is 44.4 cm³/mol. The van der Waals surface area contributed by atoms with Crippen LogP contribution in [0.1, 0.15) is 6.42 Å². The summed E-state index contributed by atoms with van der Waals surface area (Å²) in [6, 6.07) is -0.340. The van der Waals surface area contributed by atoms with Gasteiger partial charge in [-0.2, -0.15) is 0 Å². The summed E-state index contributed by atoms with van der Waals surface area (Å²) in [4.78, 5) is 23.7. The van der Waals surface area contributed by atoms with Crippen molar-refractivity contribution in [3.63, 3.8) is 0 Å². The highest BCUT2D eigenvalue weighted by Gasteiger charge is 2.26. The quantitative estimate of drug-likeness (QED) is 0.575. The van der Waals surface area contributed by atoms with Crippen LogP contribution in [-0.4, -0.2) is 36.9 Å². The maximum Gasteiger partial charge on any atom is 0.246 e. The first kappa shape index (κ1) is 8.77. The summed E-state index contributed by atoms with van der Waals surface area (Å²) in [5.41, 5.74) is 0. The molecule has 1 rings (SSSR count). The van der Waals surface area contributed by atoms with E-state index >= 15 is 0 Å². The Hall–Kier alpha value is -1.32. The van der Waals surface area contributed by atoms with Crippen molar-refractivity contribution in [2.24, 2.45) is 0 Å². The molecule has 0 fully saturated rings. The van der Waals surface area contributed by atoms with Crippen molar-refractivity contribution in [2.75, 3.05) is 14.1 Å². The monoisotopic (exact) mass is 168 g/mol. The third-order valence-electron chi connectivity index (χ3n) is 1.98. The molecule has 1 aliphatic heterocycles. The molecule has 0 aromatic rings. The van der Waals surface area contributed by atoms with Crippen LogP contribution in [0.4, 0.5) is 0 Å². The minimum atomic E-state index is -0.340. The van der Waals surface area contributed by atoms with Gasteiger partial charge in [-0.3, -0.25) is 9.59 Å².